The van der Waals surface area contributed by atoms with E-state index in [1.807, 2.05) is 0 Å². The third-order valence-electron chi connectivity index (χ3n) is 2.61. The lowest BCUT2D eigenvalue weighted by atomic mass is 10.1. The number of carbonyl (C=O) groups is 3. The fourth-order valence-corrected chi connectivity index (χ4v) is 3.18. The number of aromatic carboxylic acids is 1. The molecule has 21 heavy (non-hydrogen) atoms. The van der Waals surface area contributed by atoms with Gasteiger partial charge in [-0.25, -0.2) is 18.0 Å². The SMILES string of the molecule is CCc1ccc(C(=O)O)cc1S(=O)(=O)CC(=O)NC(N)=O. The number of aryl methyl sites for hydroxylation is 1. The molecular weight excluding hydrogens is 300 g/mol. The fourth-order valence-electron chi connectivity index (χ4n) is 1.69. The maximum atomic E-state index is 12.2. The van der Waals surface area contributed by atoms with Crippen LogP contribution in [0.4, 0.5) is 4.79 Å². The molecule has 0 fully saturated rings. The number of carboxylic acid groups (broad SMARTS) is 1. The minimum atomic E-state index is -4.09. The van der Waals surface area contributed by atoms with Crippen molar-refractivity contribution < 1.29 is 27.9 Å². The van der Waals surface area contributed by atoms with Gasteiger partial charge in [0.1, 0.15) is 5.75 Å². The smallest absolute Gasteiger partial charge is 0.335 e. The average molecular weight is 314 g/mol. The van der Waals surface area contributed by atoms with E-state index in [0.717, 1.165) is 6.07 Å². The van der Waals surface area contributed by atoms with Gasteiger partial charge < -0.3 is 10.8 Å². The summed E-state index contributed by atoms with van der Waals surface area (Å²) in [4.78, 5) is 32.5. The quantitative estimate of drug-likeness (QED) is 0.693. The normalized spacial score (nSPS) is 10.9. The first-order chi connectivity index (χ1) is 9.67. The Hall–Kier alpha value is -2.42. The van der Waals surface area contributed by atoms with Crippen molar-refractivity contribution in [2.75, 3.05) is 5.75 Å². The van der Waals surface area contributed by atoms with Crippen LogP contribution in [0, 0.1) is 0 Å². The van der Waals surface area contributed by atoms with Crippen molar-refractivity contribution >= 4 is 27.7 Å². The Labute approximate surface area is 120 Å². The van der Waals surface area contributed by atoms with Crippen molar-refractivity contribution in [3.8, 4) is 0 Å². The number of primary amides is 1. The van der Waals surface area contributed by atoms with Crippen LogP contribution in [0.2, 0.25) is 0 Å². The molecule has 1 rings (SSSR count). The Kier molecular flexibility index (Phi) is 5.03. The molecule has 0 aliphatic carbocycles. The lowest BCUT2D eigenvalue weighted by Gasteiger charge is -2.10. The molecule has 1 aromatic rings. The molecule has 0 unspecified atom stereocenters. The van der Waals surface area contributed by atoms with Gasteiger partial charge in [0.2, 0.25) is 5.91 Å². The maximum absolute atomic E-state index is 12.2. The first-order valence-electron chi connectivity index (χ1n) is 5.85. The molecule has 1 aromatic carbocycles. The molecule has 9 heteroatoms. The van der Waals surface area contributed by atoms with Crippen LogP contribution in [0.5, 0.6) is 0 Å². The highest BCUT2D eigenvalue weighted by Gasteiger charge is 2.24. The first-order valence-corrected chi connectivity index (χ1v) is 7.51. The van der Waals surface area contributed by atoms with Crippen molar-refractivity contribution in [1.82, 2.24) is 5.32 Å². The highest BCUT2D eigenvalue weighted by molar-refractivity contribution is 7.92. The Bertz CT molecular complexity index is 696. The summed E-state index contributed by atoms with van der Waals surface area (Å²) in [7, 11) is -4.09. The highest BCUT2D eigenvalue weighted by atomic mass is 32.2. The molecule has 0 aliphatic heterocycles. The van der Waals surface area contributed by atoms with E-state index in [9.17, 15) is 22.8 Å². The van der Waals surface area contributed by atoms with Gasteiger partial charge in [-0.3, -0.25) is 10.1 Å². The zero-order valence-electron chi connectivity index (χ0n) is 11.1. The van der Waals surface area contributed by atoms with Gasteiger partial charge in [-0.05, 0) is 24.1 Å². The van der Waals surface area contributed by atoms with E-state index >= 15 is 0 Å². The van der Waals surface area contributed by atoms with Gasteiger partial charge in [-0.2, -0.15) is 0 Å². The number of carboxylic acids is 1. The fraction of sp³-hybridized carbons (Fsp3) is 0.250. The van der Waals surface area contributed by atoms with E-state index in [0.29, 0.717) is 12.0 Å². The maximum Gasteiger partial charge on any atom is 0.335 e. The van der Waals surface area contributed by atoms with E-state index in [1.54, 1.807) is 12.2 Å². The second kappa shape index (κ2) is 6.35. The van der Waals surface area contributed by atoms with E-state index in [-0.39, 0.29) is 10.5 Å². The number of hydrogen-bond donors (Lipinski definition) is 3. The monoisotopic (exact) mass is 314 g/mol. The van der Waals surface area contributed by atoms with Crippen LogP contribution in [0.3, 0.4) is 0 Å². The van der Waals surface area contributed by atoms with E-state index in [2.05, 4.69) is 0 Å². The molecule has 3 amide bonds. The van der Waals surface area contributed by atoms with Crippen LogP contribution < -0.4 is 11.1 Å². The molecule has 0 atom stereocenters. The van der Waals surface area contributed by atoms with Crippen LogP contribution >= 0.6 is 0 Å². The van der Waals surface area contributed by atoms with Gasteiger partial charge >= 0.3 is 12.0 Å². The van der Waals surface area contributed by atoms with Crippen molar-refractivity contribution in [2.24, 2.45) is 5.73 Å². The van der Waals surface area contributed by atoms with Gasteiger partial charge in [0.15, 0.2) is 9.84 Å². The molecule has 0 bridgehead atoms. The Balaban J connectivity index is 3.23. The standard InChI is InChI=1S/C12H14N2O6S/c1-2-7-3-4-8(11(16)17)5-9(7)21(19,20)6-10(15)14-12(13)18/h3-5H,2,6H2,1H3,(H,16,17)(H3,13,14,15,18). The van der Waals surface area contributed by atoms with Gasteiger partial charge in [0.05, 0.1) is 10.5 Å². The Morgan fingerprint density at radius 3 is 2.38 bits per heavy atom. The third kappa shape index (κ3) is 4.28. The second-order valence-electron chi connectivity index (χ2n) is 4.15. The molecule has 0 radical (unpaired) electrons. The van der Waals surface area contributed by atoms with Gasteiger partial charge in [-0.1, -0.05) is 13.0 Å². The van der Waals surface area contributed by atoms with Gasteiger partial charge in [0, 0.05) is 0 Å². The minimum absolute atomic E-state index is 0.207. The van der Waals surface area contributed by atoms with Crippen molar-refractivity contribution in [3.05, 3.63) is 29.3 Å². The summed E-state index contributed by atoms with van der Waals surface area (Å²) in [6.07, 6.45) is 0.339. The predicted octanol–water partition coefficient (Wildman–Crippen LogP) is -0.0842. The number of hydrogen-bond acceptors (Lipinski definition) is 5. The lowest BCUT2D eigenvalue weighted by molar-refractivity contribution is -0.117. The molecule has 0 heterocycles. The van der Waals surface area contributed by atoms with Crippen LogP contribution in [0.25, 0.3) is 0 Å². The molecule has 0 aromatic heterocycles. The third-order valence-corrected chi connectivity index (χ3v) is 4.31. The summed E-state index contributed by atoms with van der Waals surface area (Å²) in [5, 5.41) is 10.6. The van der Waals surface area contributed by atoms with Crippen molar-refractivity contribution in [2.45, 2.75) is 18.2 Å². The lowest BCUT2D eigenvalue weighted by Crippen LogP contribution is -2.38. The van der Waals surface area contributed by atoms with E-state index < -0.39 is 33.5 Å². The van der Waals surface area contributed by atoms with Crippen LogP contribution in [-0.2, 0) is 21.1 Å². The molecule has 0 saturated heterocycles. The largest absolute Gasteiger partial charge is 0.478 e. The number of nitrogens with one attached hydrogen (secondary N) is 1. The second-order valence-corrected chi connectivity index (χ2v) is 6.11. The van der Waals surface area contributed by atoms with Gasteiger partial charge in [0.25, 0.3) is 0 Å². The number of urea groups is 1. The van der Waals surface area contributed by atoms with E-state index in [1.165, 1.54) is 12.1 Å². The number of sulfone groups is 1. The van der Waals surface area contributed by atoms with Crippen molar-refractivity contribution in [3.63, 3.8) is 0 Å². The molecule has 0 aliphatic rings. The minimum Gasteiger partial charge on any atom is -0.478 e. The summed E-state index contributed by atoms with van der Waals surface area (Å²) in [5.74, 6) is -3.35. The molecule has 4 N–H and O–H groups in total. The first kappa shape index (κ1) is 16.6. The summed E-state index contributed by atoms with van der Waals surface area (Å²) in [6, 6.07) is 2.49. The number of amides is 3. The molecule has 8 nitrogen and oxygen atoms in total. The predicted molar refractivity (Wildman–Crippen MR) is 72.6 cm³/mol. The average Bonchev–Trinajstić information content (AvgIpc) is 2.36. The highest BCUT2D eigenvalue weighted by Crippen LogP contribution is 2.20. The number of carbonyl (C=O) groups excluding carboxylic acids is 2. The Morgan fingerprint density at radius 1 is 1.29 bits per heavy atom. The topological polar surface area (TPSA) is 144 Å². The summed E-state index contributed by atoms with van der Waals surface area (Å²) < 4.78 is 24.3. The number of rotatable bonds is 5. The number of imide groups is 1. The van der Waals surface area contributed by atoms with Crippen molar-refractivity contribution in [1.29, 1.82) is 0 Å². The summed E-state index contributed by atoms with van der Waals surface area (Å²) in [5.41, 5.74) is 4.90. The molecule has 114 valence electrons. The number of benzene rings is 1. The molecule has 0 spiro atoms. The van der Waals surface area contributed by atoms with E-state index in [4.69, 9.17) is 10.8 Å². The van der Waals surface area contributed by atoms with Gasteiger partial charge in [-0.15, -0.1) is 0 Å². The van der Waals surface area contributed by atoms with Crippen LogP contribution in [0.15, 0.2) is 23.1 Å². The number of nitrogens with two attached hydrogens (primary N) is 1. The summed E-state index contributed by atoms with van der Waals surface area (Å²) >= 11 is 0. The zero-order chi connectivity index (χ0) is 16.2. The molecule has 0 saturated carbocycles. The summed E-state index contributed by atoms with van der Waals surface area (Å²) in [6.45, 7) is 1.69. The Morgan fingerprint density at radius 2 is 1.90 bits per heavy atom. The zero-order valence-corrected chi connectivity index (χ0v) is 11.9. The van der Waals surface area contributed by atoms with Crippen LogP contribution in [-0.4, -0.2) is 37.2 Å². The molecular formula is C12H14N2O6S. The van der Waals surface area contributed by atoms with Crippen LogP contribution in [0.1, 0.15) is 22.8 Å².